The number of para-hydroxylation sites is 3. The average Bonchev–Trinajstić information content (AvgIpc) is 3.20. The number of nitrogens with zero attached hydrogens (tertiary/aromatic N) is 2. The molecule has 4 rings (SSSR count). The first-order chi connectivity index (χ1) is 15.7. The standard InChI is InChI=1S/C26H25N3O3/c1-19(27-17-18-32-23-16-10-9-15-22(23)31-2)24-25(20-11-5-3-6-12-20)28-29(26(24)30)21-13-7-4-8-14-21/h3-16,28H,17-18H2,1-2H3. The minimum atomic E-state index is -0.137. The van der Waals surface area contributed by atoms with Gasteiger partial charge in [-0.05, 0) is 31.2 Å². The highest BCUT2D eigenvalue weighted by atomic mass is 16.5. The van der Waals surface area contributed by atoms with Crippen LogP contribution in [0.25, 0.3) is 16.9 Å². The van der Waals surface area contributed by atoms with Gasteiger partial charge >= 0.3 is 0 Å². The highest BCUT2D eigenvalue weighted by Crippen LogP contribution is 2.25. The van der Waals surface area contributed by atoms with Gasteiger partial charge < -0.3 is 9.47 Å². The lowest BCUT2D eigenvalue weighted by atomic mass is 10.1. The summed E-state index contributed by atoms with van der Waals surface area (Å²) in [4.78, 5) is 18.0. The van der Waals surface area contributed by atoms with Crippen molar-refractivity contribution in [3.05, 3.63) is 101 Å². The zero-order valence-corrected chi connectivity index (χ0v) is 18.1. The maximum absolute atomic E-state index is 13.3. The first kappa shape index (κ1) is 21.2. The van der Waals surface area contributed by atoms with Crippen LogP contribution in [0.1, 0.15) is 12.5 Å². The smallest absolute Gasteiger partial charge is 0.280 e. The summed E-state index contributed by atoms with van der Waals surface area (Å²) >= 11 is 0. The third-order valence-electron chi connectivity index (χ3n) is 5.10. The minimum Gasteiger partial charge on any atom is -0.493 e. The first-order valence-electron chi connectivity index (χ1n) is 10.4. The quantitative estimate of drug-likeness (QED) is 0.327. The fourth-order valence-corrected chi connectivity index (χ4v) is 3.53. The molecule has 0 saturated carbocycles. The predicted octanol–water partition coefficient (Wildman–Crippen LogP) is 4.73. The maximum atomic E-state index is 13.3. The van der Waals surface area contributed by atoms with Crippen LogP contribution in [-0.4, -0.2) is 35.8 Å². The number of hydrogen-bond donors (Lipinski definition) is 1. The van der Waals surface area contributed by atoms with Gasteiger partial charge in [0.05, 0.1) is 30.6 Å². The van der Waals surface area contributed by atoms with E-state index in [2.05, 4.69) is 10.1 Å². The van der Waals surface area contributed by atoms with Crippen LogP contribution in [0.15, 0.2) is 94.7 Å². The zero-order valence-electron chi connectivity index (χ0n) is 18.1. The summed E-state index contributed by atoms with van der Waals surface area (Å²) in [6.07, 6.45) is 0. The van der Waals surface area contributed by atoms with E-state index >= 15 is 0 Å². The Morgan fingerprint density at radius 1 is 0.906 bits per heavy atom. The summed E-state index contributed by atoms with van der Waals surface area (Å²) in [6.45, 7) is 2.64. The molecular formula is C26H25N3O3. The molecule has 0 spiro atoms. The van der Waals surface area contributed by atoms with Crippen LogP contribution in [0.4, 0.5) is 0 Å². The van der Waals surface area contributed by atoms with Gasteiger partial charge in [0.25, 0.3) is 5.56 Å². The van der Waals surface area contributed by atoms with E-state index in [0.717, 1.165) is 16.9 Å². The second kappa shape index (κ2) is 9.83. The second-order valence-corrected chi connectivity index (χ2v) is 7.17. The molecule has 0 amide bonds. The molecule has 0 aliphatic rings. The Bertz CT molecular complexity index is 1260. The van der Waals surface area contributed by atoms with E-state index in [1.807, 2.05) is 91.9 Å². The van der Waals surface area contributed by atoms with Crippen molar-refractivity contribution >= 4 is 5.71 Å². The molecule has 1 aromatic heterocycles. The number of methoxy groups -OCH3 is 1. The van der Waals surface area contributed by atoms with Crippen molar-refractivity contribution in [1.29, 1.82) is 0 Å². The van der Waals surface area contributed by atoms with E-state index in [0.29, 0.717) is 35.9 Å². The number of hydrogen-bond acceptors (Lipinski definition) is 4. The Morgan fingerprint density at radius 2 is 1.53 bits per heavy atom. The third-order valence-corrected chi connectivity index (χ3v) is 5.10. The summed E-state index contributed by atoms with van der Waals surface area (Å²) in [5.41, 5.74) is 3.51. The Labute approximate surface area is 186 Å². The highest BCUT2D eigenvalue weighted by Gasteiger charge is 2.19. The molecule has 0 aliphatic heterocycles. The second-order valence-electron chi connectivity index (χ2n) is 7.17. The maximum Gasteiger partial charge on any atom is 0.280 e. The minimum absolute atomic E-state index is 0.137. The van der Waals surface area contributed by atoms with Crippen molar-refractivity contribution in [2.24, 2.45) is 4.99 Å². The van der Waals surface area contributed by atoms with Crippen molar-refractivity contribution < 1.29 is 9.47 Å². The molecule has 0 bridgehead atoms. The summed E-state index contributed by atoms with van der Waals surface area (Å²) in [6, 6.07) is 26.8. The molecule has 3 aromatic carbocycles. The molecule has 4 aromatic rings. The average molecular weight is 428 g/mol. The summed E-state index contributed by atoms with van der Waals surface area (Å²) < 4.78 is 12.7. The fraction of sp³-hybridized carbons (Fsp3) is 0.154. The van der Waals surface area contributed by atoms with Crippen molar-refractivity contribution in [3.63, 3.8) is 0 Å². The van der Waals surface area contributed by atoms with Crippen molar-refractivity contribution in [1.82, 2.24) is 9.78 Å². The Kier molecular flexibility index (Phi) is 6.51. The van der Waals surface area contributed by atoms with Gasteiger partial charge in [-0.1, -0.05) is 60.7 Å². The van der Waals surface area contributed by atoms with Crippen LogP contribution in [0.3, 0.4) is 0 Å². The van der Waals surface area contributed by atoms with Crippen LogP contribution in [-0.2, 0) is 0 Å². The summed E-state index contributed by atoms with van der Waals surface area (Å²) in [5, 5.41) is 3.27. The van der Waals surface area contributed by atoms with Crippen molar-refractivity contribution in [2.45, 2.75) is 6.92 Å². The van der Waals surface area contributed by atoms with Gasteiger partial charge in [-0.3, -0.25) is 14.9 Å². The number of ether oxygens (including phenoxy) is 2. The lowest BCUT2D eigenvalue weighted by Gasteiger charge is -2.09. The molecule has 1 heterocycles. The fourth-order valence-electron chi connectivity index (χ4n) is 3.53. The number of H-pyrrole nitrogens is 1. The number of aliphatic imine (C=N–C) groups is 1. The van der Waals surface area contributed by atoms with E-state index in [-0.39, 0.29) is 5.56 Å². The lowest BCUT2D eigenvalue weighted by Crippen LogP contribution is -2.20. The van der Waals surface area contributed by atoms with E-state index in [1.54, 1.807) is 11.8 Å². The third kappa shape index (κ3) is 4.49. The van der Waals surface area contributed by atoms with Crippen molar-refractivity contribution in [3.8, 4) is 28.4 Å². The summed E-state index contributed by atoms with van der Waals surface area (Å²) in [5.74, 6) is 1.34. The normalized spacial score (nSPS) is 11.4. The van der Waals surface area contributed by atoms with E-state index in [9.17, 15) is 4.79 Å². The Morgan fingerprint density at radius 3 is 2.22 bits per heavy atom. The van der Waals surface area contributed by atoms with Gasteiger partial charge in [0, 0.05) is 11.3 Å². The predicted molar refractivity (Wildman–Crippen MR) is 127 cm³/mol. The van der Waals surface area contributed by atoms with Crippen LogP contribution < -0.4 is 15.0 Å². The largest absolute Gasteiger partial charge is 0.493 e. The molecule has 0 atom stereocenters. The number of aromatic nitrogens is 2. The molecule has 32 heavy (non-hydrogen) atoms. The molecule has 6 heteroatoms. The van der Waals surface area contributed by atoms with Crippen LogP contribution in [0.5, 0.6) is 11.5 Å². The molecule has 0 radical (unpaired) electrons. The molecule has 0 aliphatic carbocycles. The molecule has 0 saturated heterocycles. The number of rotatable bonds is 8. The monoisotopic (exact) mass is 427 g/mol. The first-order valence-corrected chi connectivity index (χ1v) is 10.4. The van der Waals surface area contributed by atoms with Gasteiger partial charge in [-0.25, -0.2) is 4.68 Å². The topological polar surface area (TPSA) is 68.6 Å². The molecule has 0 unspecified atom stereocenters. The van der Waals surface area contributed by atoms with Gasteiger partial charge in [0.1, 0.15) is 6.61 Å². The van der Waals surface area contributed by atoms with Gasteiger partial charge in [0.15, 0.2) is 11.5 Å². The molecular weight excluding hydrogens is 402 g/mol. The number of benzene rings is 3. The van der Waals surface area contributed by atoms with E-state index in [4.69, 9.17) is 9.47 Å². The van der Waals surface area contributed by atoms with Gasteiger partial charge in [-0.15, -0.1) is 0 Å². The van der Waals surface area contributed by atoms with Gasteiger partial charge in [0.2, 0.25) is 0 Å². The van der Waals surface area contributed by atoms with Crippen molar-refractivity contribution in [2.75, 3.05) is 20.3 Å². The summed E-state index contributed by atoms with van der Waals surface area (Å²) in [7, 11) is 1.61. The molecule has 0 fully saturated rings. The Balaban J connectivity index is 1.62. The van der Waals surface area contributed by atoms with Gasteiger partial charge in [-0.2, -0.15) is 0 Å². The molecule has 162 valence electrons. The van der Waals surface area contributed by atoms with Crippen LogP contribution in [0.2, 0.25) is 0 Å². The van der Waals surface area contributed by atoms with E-state index in [1.165, 1.54) is 0 Å². The lowest BCUT2D eigenvalue weighted by molar-refractivity contribution is 0.303. The highest BCUT2D eigenvalue weighted by molar-refractivity contribution is 6.03. The SMILES string of the molecule is COc1ccccc1OCCN=C(C)c1c(-c2ccccc2)[nH]n(-c2ccccc2)c1=O. The Hall–Kier alpha value is -4.06. The number of aromatic amines is 1. The number of nitrogens with one attached hydrogen (secondary N) is 1. The molecule has 6 nitrogen and oxygen atoms in total. The zero-order chi connectivity index (χ0) is 22.3. The molecule has 1 N–H and O–H groups in total. The van der Waals surface area contributed by atoms with Crippen LogP contribution >= 0.6 is 0 Å². The van der Waals surface area contributed by atoms with E-state index < -0.39 is 0 Å². The van der Waals surface area contributed by atoms with Crippen LogP contribution in [0, 0.1) is 0 Å².